The number of hydrogen-bond donors (Lipinski definition) is 2. The van der Waals surface area contributed by atoms with Gasteiger partial charge in [-0.25, -0.2) is 15.0 Å². The van der Waals surface area contributed by atoms with Gasteiger partial charge in [0.25, 0.3) is 5.56 Å². The van der Waals surface area contributed by atoms with Crippen LogP contribution in [0.5, 0.6) is 0 Å². The highest BCUT2D eigenvalue weighted by atomic mass is 16.1. The van der Waals surface area contributed by atoms with Crippen LogP contribution in [0.4, 0.5) is 11.8 Å². The third-order valence-corrected chi connectivity index (χ3v) is 5.84. The van der Waals surface area contributed by atoms with E-state index in [9.17, 15) is 10.1 Å². The molecule has 1 aliphatic rings. The summed E-state index contributed by atoms with van der Waals surface area (Å²) in [6, 6.07) is 9.75. The molecule has 1 fully saturated rings. The Bertz CT molecular complexity index is 1470. The van der Waals surface area contributed by atoms with Crippen LogP contribution in [0, 0.1) is 18.3 Å². The number of benzene rings is 1. The Balaban J connectivity index is 1.66. The number of nitrogens with zero attached hydrogens (tertiary/aromatic N) is 6. The fourth-order valence-electron chi connectivity index (χ4n) is 4.08. The quantitative estimate of drug-likeness (QED) is 0.483. The monoisotopic (exact) mass is 438 g/mol. The van der Waals surface area contributed by atoms with Gasteiger partial charge in [-0.2, -0.15) is 10.2 Å². The van der Waals surface area contributed by atoms with Crippen LogP contribution >= 0.6 is 0 Å². The predicted molar refractivity (Wildman–Crippen MR) is 125 cm³/mol. The van der Waals surface area contributed by atoms with E-state index in [4.69, 9.17) is 5.73 Å². The number of hydrogen-bond acceptors (Lipinski definition) is 8. The number of pyridine rings is 1. The fraction of sp³-hybridized carbons (Fsp3) is 0.250. The summed E-state index contributed by atoms with van der Waals surface area (Å²) in [5.41, 5.74) is 8.42. The van der Waals surface area contributed by atoms with E-state index in [-0.39, 0.29) is 23.6 Å². The standard InChI is InChI=1S/C24H22N8O/c1-13(30-22-16(9-25)10-29-24(26)31-22)20-8-15-4-3-5-19(17-11-27-14(2)28-12-17)21(15)23(33)32(20)18-6-7-18/h3-5,8,10-13,18H,6-7H2,1-2H3,(H3,26,29,30,31)/t13-/m0/s1. The lowest BCUT2D eigenvalue weighted by atomic mass is 9.99. The maximum absolute atomic E-state index is 13.8. The molecule has 0 saturated heterocycles. The van der Waals surface area contributed by atoms with Gasteiger partial charge in [0.05, 0.1) is 17.6 Å². The van der Waals surface area contributed by atoms with E-state index in [1.165, 1.54) is 6.20 Å². The highest BCUT2D eigenvalue weighted by Crippen LogP contribution is 2.38. The molecule has 164 valence electrons. The first-order chi connectivity index (χ1) is 16.0. The van der Waals surface area contributed by atoms with Crippen LogP contribution in [0.1, 0.15) is 48.9 Å². The van der Waals surface area contributed by atoms with Crippen molar-refractivity contribution in [2.45, 2.75) is 38.8 Å². The lowest BCUT2D eigenvalue weighted by molar-refractivity contribution is 0.636. The lowest BCUT2D eigenvalue weighted by Gasteiger charge is -2.22. The molecule has 5 rings (SSSR count). The minimum Gasteiger partial charge on any atom is -0.368 e. The second-order valence-corrected chi connectivity index (χ2v) is 8.23. The second-order valence-electron chi connectivity index (χ2n) is 8.23. The first-order valence-electron chi connectivity index (χ1n) is 10.7. The van der Waals surface area contributed by atoms with Crippen LogP contribution in [0.15, 0.2) is 47.7 Å². The molecule has 0 amide bonds. The maximum atomic E-state index is 13.8. The van der Waals surface area contributed by atoms with Gasteiger partial charge in [-0.05, 0) is 43.7 Å². The van der Waals surface area contributed by atoms with Crippen LogP contribution in [-0.2, 0) is 0 Å². The molecule has 0 aliphatic heterocycles. The van der Waals surface area contributed by atoms with E-state index in [1.54, 1.807) is 12.4 Å². The van der Waals surface area contributed by atoms with Gasteiger partial charge < -0.3 is 15.6 Å². The number of anilines is 2. The fourth-order valence-corrected chi connectivity index (χ4v) is 4.08. The number of nitrogens with one attached hydrogen (secondary N) is 1. The van der Waals surface area contributed by atoms with Crippen molar-refractivity contribution < 1.29 is 0 Å². The number of nitriles is 1. The van der Waals surface area contributed by atoms with Crippen molar-refractivity contribution in [2.24, 2.45) is 0 Å². The molecule has 1 atom stereocenters. The number of aromatic nitrogens is 5. The summed E-state index contributed by atoms with van der Waals surface area (Å²) in [7, 11) is 0. The van der Waals surface area contributed by atoms with Gasteiger partial charge in [-0.3, -0.25) is 4.79 Å². The van der Waals surface area contributed by atoms with Gasteiger partial charge >= 0.3 is 0 Å². The van der Waals surface area contributed by atoms with Crippen LogP contribution in [0.25, 0.3) is 21.9 Å². The number of rotatable bonds is 5. The van der Waals surface area contributed by atoms with E-state index in [0.717, 1.165) is 35.0 Å². The first kappa shape index (κ1) is 20.6. The van der Waals surface area contributed by atoms with Crippen LogP contribution < -0.4 is 16.6 Å². The number of fused-ring (bicyclic) bond motifs is 1. The third-order valence-electron chi connectivity index (χ3n) is 5.84. The molecule has 3 heterocycles. The van der Waals surface area contributed by atoms with Crippen molar-refractivity contribution in [1.82, 2.24) is 24.5 Å². The molecule has 4 aromatic rings. The van der Waals surface area contributed by atoms with Gasteiger partial charge in [-0.15, -0.1) is 0 Å². The number of aryl methyl sites for hydroxylation is 1. The number of nitrogen functional groups attached to an aromatic ring is 1. The van der Waals surface area contributed by atoms with Crippen molar-refractivity contribution in [3.8, 4) is 17.2 Å². The first-order valence-corrected chi connectivity index (χ1v) is 10.7. The Hall–Kier alpha value is -4.32. The Morgan fingerprint density at radius 2 is 1.97 bits per heavy atom. The SMILES string of the molecule is Cc1ncc(-c2cccc3cc([C@H](C)Nc4nc(N)ncc4C#N)n(C4CC4)c(=O)c23)cn1. The lowest BCUT2D eigenvalue weighted by Crippen LogP contribution is -2.27. The van der Waals surface area contributed by atoms with E-state index in [2.05, 4.69) is 31.3 Å². The molecular formula is C24H22N8O. The van der Waals surface area contributed by atoms with Gasteiger partial charge in [0, 0.05) is 29.7 Å². The topological polar surface area (TPSA) is 135 Å². The summed E-state index contributed by atoms with van der Waals surface area (Å²) in [6.45, 7) is 3.77. The second kappa shape index (κ2) is 7.98. The third kappa shape index (κ3) is 3.76. The zero-order chi connectivity index (χ0) is 23.1. The average Bonchev–Trinajstić information content (AvgIpc) is 3.64. The zero-order valence-corrected chi connectivity index (χ0v) is 18.3. The van der Waals surface area contributed by atoms with Gasteiger partial charge in [-0.1, -0.05) is 18.2 Å². The minimum atomic E-state index is -0.296. The Morgan fingerprint density at radius 3 is 2.67 bits per heavy atom. The molecule has 0 radical (unpaired) electrons. The van der Waals surface area contributed by atoms with Crippen molar-refractivity contribution in [3.63, 3.8) is 0 Å². The molecule has 1 aromatic carbocycles. The van der Waals surface area contributed by atoms with Gasteiger partial charge in [0.2, 0.25) is 5.95 Å². The van der Waals surface area contributed by atoms with Gasteiger partial charge in [0.1, 0.15) is 23.3 Å². The molecule has 33 heavy (non-hydrogen) atoms. The Kier molecular flexibility index (Phi) is 4.98. The Labute approximate surface area is 190 Å². The molecule has 1 aliphatic carbocycles. The smallest absolute Gasteiger partial charge is 0.259 e. The van der Waals surface area contributed by atoms with E-state index >= 15 is 0 Å². The molecule has 0 bridgehead atoms. The summed E-state index contributed by atoms with van der Waals surface area (Å²) in [5.74, 6) is 1.10. The van der Waals surface area contributed by atoms with Crippen molar-refractivity contribution in [1.29, 1.82) is 5.26 Å². The molecule has 3 N–H and O–H groups in total. The summed E-state index contributed by atoms with van der Waals surface area (Å²) >= 11 is 0. The molecule has 3 aromatic heterocycles. The van der Waals surface area contributed by atoms with Gasteiger partial charge in [0.15, 0.2) is 0 Å². The van der Waals surface area contributed by atoms with E-state index in [0.29, 0.717) is 22.6 Å². The number of nitrogens with two attached hydrogens (primary N) is 1. The van der Waals surface area contributed by atoms with Crippen molar-refractivity contribution >= 4 is 22.5 Å². The molecule has 1 saturated carbocycles. The van der Waals surface area contributed by atoms with Crippen LogP contribution in [-0.4, -0.2) is 24.5 Å². The predicted octanol–water partition coefficient (Wildman–Crippen LogP) is 3.52. The Morgan fingerprint density at radius 1 is 1.21 bits per heavy atom. The highest BCUT2D eigenvalue weighted by molar-refractivity contribution is 5.96. The van der Waals surface area contributed by atoms with E-state index < -0.39 is 0 Å². The minimum absolute atomic E-state index is 0.0440. The van der Waals surface area contributed by atoms with Crippen LogP contribution in [0.3, 0.4) is 0 Å². The maximum Gasteiger partial charge on any atom is 0.259 e. The molecule has 0 spiro atoms. The largest absolute Gasteiger partial charge is 0.368 e. The summed E-state index contributed by atoms with van der Waals surface area (Å²) < 4.78 is 1.87. The normalized spacial score (nSPS) is 14.1. The van der Waals surface area contributed by atoms with Crippen LogP contribution in [0.2, 0.25) is 0 Å². The van der Waals surface area contributed by atoms with Crippen molar-refractivity contribution in [2.75, 3.05) is 11.1 Å². The highest BCUT2D eigenvalue weighted by Gasteiger charge is 2.30. The zero-order valence-electron chi connectivity index (χ0n) is 18.3. The summed E-state index contributed by atoms with van der Waals surface area (Å²) in [4.78, 5) is 30.5. The summed E-state index contributed by atoms with van der Waals surface area (Å²) in [5, 5.41) is 14.1. The van der Waals surface area contributed by atoms with E-state index in [1.807, 2.05) is 42.7 Å². The van der Waals surface area contributed by atoms with Crippen molar-refractivity contribution in [3.05, 3.63) is 70.3 Å². The average molecular weight is 438 g/mol. The molecule has 9 nitrogen and oxygen atoms in total. The molecule has 9 heteroatoms. The molecule has 0 unspecified atom stereocenters. The summed E-state index contributed by atoms with van der Waals surface area (Å²) in [6.07, 6.45) is 6.79. The molecular weight excluding hydrogens is 416 g/mol.